The zero-order chi connectivity index (χ0) is 21.4. The van der Waals surface area contributed by atoms with Crippen molar-refractivity contribution < 1.29 is 18.8 Å². The number of carbonyl (C=O) groups is 2. The fourth-order valence-corrected chi connectivity index (χ4v) is 4.06. The summed E-state index contributed by atoms with van der Waals surface area (Å²) in [7, 11) is 0. The second-order valence-corrected chi connectivity index (χ2v) is 7.46. The number of carbonyl (C=O) groups excluding carboxylic acids is 2. The zero-order valence-corrected chi connectivity index (χ0v) is 16.5. The van der Waals surface area contributed by atoms with Gasteiger partial charge in [-0.05, 0) is 42.0 Å². The van der Waals surface area contributed by atoms with Gasteiger partial charge in [0.2, 0.25) is 5.91 Å². The van der Waals surface area contributed by atoms with Gasteiger partial charge in [-0.3, -0.25) is 14.4 Å². The summed E-state index contributed by atoms with van der Waals surface area (Å²) in [6.07, 6.45) is 2.75. The third kappa shape index (κ3) is 3.41. The van der Waals surface area contributed by atoms with Crippen LogP contribution in [-0.2, 0) is 14.4 Å². The van der Waals surface area contributed by atoms with E-state index in [0.717, 1.165) is 11.3 Å². The lowest BCUT2D eigenvalue weighted by atomic mass is 9.95. The van der Waals surface area contributed by atoms with Crippen LogP contribution in [-0.4, -0.2) is 24.0 Å². The second kappa shape index (κ2) is 7.81. The number of rotatable bonds is 4. The second-order valence-electron chi connectivity index (χ2n) is 7.46. The zero-order valence-electron chi connectivity index (χ0n) is 16.5. The SMILES string of the molecule is O=C1[C@@H]2[C@@H](ON(c3ccccc3)[C@H]2/C=C/c2ccc(F)cc2)C(=O)N1c1ccccc1. The van der Waals surface area contributed by atoms with Crippen LogP contribution in [0.1, 0.15) is 5.56 Å². The van der Waals surface area contributed by atoms with E-state index >= 15 is 0 Å². The summed E-state index contributed by atoms with van der Waals surface area (Å²) in [6, 6.07) is 23.8. The van der Waals surface area contributed by atoms with Crippen LogP contribution in [0.3, 0.4) is 0 Å². The van der Waals surface area contributed by atoms with Crippen LogP contribution in [0.4, 0.5) is 15.8 Å². The molecule has 0 aliphatic carbocycles. The normalized spacial score (nSPS) is 23.1. The summed E-state index contributed by atoms with van der Waals surface area (Å²) in [5.74, 6) is -1.68. The van der Waals surface area contributed by atoms with E-state index in [0.29, 0.717) is 5.69 Å². The van der Waals surface area contributed by atoms with E-state index < -0.39 is 18.1 Å². The van der Waals surface area contributed by atoms with E-state index in [1.54, 1.807) is 41.5 Å². The highest BCUT2D eigenvalue weighted by atomic mass is 19.1. The molecular weight excluding hydrogens is 395 g/mol. The first-order valence-corrected chi connectivity index (χ1v) is 10.0. The molecule has 3 aromatic rings. The van der Waals surface area contributed by atoms with Crippen LogP contribution >= 0.6 is 0 Å². The van der Waals surface area contributed by atoms with Gasteiger partial charge in [0.25, 0.3) is 5.91 Å². The molecule has 2 aliphatic rings. The molecule has 6 heteroatoms. The number of hydroxylamine groups is 1. The van der Waals surface area contributed by atoms with Crippen molar-refractivity contribution in [1.82, 2.24) is 0 Å². The van der Waals surface area contributed by atoms with Gasteiger partial charge in [0.05, 0.1) is 17.4 Å². The molecule has 2 amide bonds. The number of fused-ring (bicyclic) bond motifs is 1. The lowest BCUT2D eigenvalue weighted by Gasteiger charge is -2.26. The molecule has 3 aromatic carbocycles. The minimum absolute atomic E-state index is 0.298. The number of nitrogens with zero attached hydrogens (tertiary/aromatic N) is 2. The Balaban J connectivity index is 1.52. The van der Waals surface area contributed by atoms with E-state index in [1.165, 1.54) is 17.0 Å². The fraction of sp³-hybridized carbons (Fsp3) is 0.120. The highest BCUT2D eigenvalue weighted by Gasteiger charge is 2.59. The maximum absolute atomic E-state index is 13.4. The van der Waals surface area contributed by atoms with E-state index in [1.807, 2.05) is 48.6 Å². The molecule has 0 spiro atoms. The van der Waals surface area contributed by atoms with Crippen LogP contribution < -0.4 is 9.96 Å². The predicted octanol–water partition coefficient (Wildman–Crippen LogP) is 4.22. The van der Waals surface area contributed by atoms with Crippen LogP contribution in [0.15, 0.2) is 91.0 Å². The molecule has 3 atom stereocenters. The Hall–Kier alpha value is -3.77. The summed E-state index contributed by atoms with van der Waals surface area (Å²) < 4.78 is 13.2. The van der Waals surface area contributed by atoms with E-state index in [9.17, 15) is 14.0 Å². The van der Waals surface area contributed by atoms with Gasteiger partial charge < -0.3 is 0 Å². The van der Waals surface area contributed by atoms with Crippen molar-refractivity contribution in [3.8, 4) is 0 Å². The van der Waals surface area contributed by atoms with Gasteiger partial charge in [-0.2, -0.15) is 0 Å². The van der Waals surface area contributed by atoms with Gasteiger partial charge in [-0.15, -0.1) is 0 Å². The van der Waals surface area contributed by atoms with Gasteiger partial charge in [0.15, 0.2) is 6.10 Å². The molecule has 2 fully saturated rings. The maximum Gasteiger partial charge on any atom is 0.266 e. The van der Waals surface area contributed by atoms with Crippen LogP contribution in [0, 0.1) is 11.7 Å². The van der Waals surface area contributed by atoms with E-state index in [2.05, 4.69) is 0 Å². The molecule has 2 saturated heterocycles. The minimum atomic E-state index is -0.907. The number of halogens is 1. The van der Waals surface area contributed by atoms with Gasteiger partial charge in [0.1, 0.15) is 11.7 Å². The third-order valence-corrected chi connectivity index (χ3v) is 5.54. The quantitative estimate of drug-likeness (QED) is 0.600. The lowest BCUT2D eigenvalue weighted by Crippen LogP contribution is -2.39. The van der Waals surface area contributed by atoms with Crippen LogP contribution in [0.2, 0.25) is 0 Å². The number of benzene rings is 3. The largest absolute Gasteiger partial charge is 0.273 e. The monoisotopic (exact) mass is 414 g/mol. The molecular formula is C25H19FN2O3. The van der Waals surface area contributed by atoms with Crippen molar-refractivity contribution in [2.24, 2.45) is 5.92 Å². The first-order valence-electron chi connectivity index (χ1n) is 10.0. The molecule has 0 radical (unpaired) electrons. The fourth-order valence-electron chi connectivity index (χ4n) is 4.06. The summed E-state index contributed by atoms with van der Waals surface area (Å²) in [6.45, 7) is 0. The summed E-state index contributed by atoms with van der Waals surface area (Å²) in [5, 5.41) is 1.62. The maximum atomic E-state index is 13.4. The van der Waals surface area contributed by atoms with Crippen molar-refractivity contribution in [3.05, 3.63) is 102 Å². The number of para-hydroxylation sites is 2. The molecule has 2 aliphatic heterocycles. The van der Waals surface area contributed by atoms with Gasteiger partial charge in [-0.1, -0.05) is 60.7 Å². The number of hydrogen-bond donors (Lipinski definition) is 0. The molecule has 0 unspecified atom stereocenters. The number of anilines is 2. The molecule has 0 saturated carbocycles. The Labute approximate surface area is 178 Å². The Morgan fingerprint density at radius 1 is 0.774 bits per heavy atom. The molecule has 0 aromatic heterocycles. The smallest absolute Gasteiger partial charge is 0.266 e. The Bertz CT molecular complexity index is 1130. The third-order valence-electron chi connectivity index (χ3n) is 5.54. The first-order chi connectivity index (χ1) is 15.1. The Morgan fingerprint density at radius 2 is 1.39 bits per heavy atom. The van der Waals surface area contributed by atoms with Gasteiger partial charge in [-0.25, -0.2) is 14.4 Å². The average molecular weight is 414 g/mol. The Kier molecular flexibility index (Phi) is 4.84. The lowest BCUT2D eigenvalue weighted by molar-refractivity contribution is -0.126. The molecule has 31 heavy (non-hydrogen) atoms. The number of amides is 2. The van der Waals surface area contributed by atoms with Crippen molar-refractivity contribution in [1.29, 1.82) is 0 Å². The van der Waals surface area contributed by atoms with Gasteiger partial charge in [0, 0.05) is 0 Å². The van der Waals surface area contributed by atoms with E-state index in [-0.39, 0.29) is 17.6 Å². The van der Waals surface area contributed by atoms with Crippen molar-refractivity contribution >= 4 is 29.3 Å². The molecule has 154 valence electrons. The summed E-state index contributed by atoms with van der Waals surface area (Å²) >= 11 is 0. The van der Waals surface area contributed by atoms with Crippen LogP contribution in [0.5, 0.6) is 0 Å². The summed E-state index contributed by atoms with van der Waals surface area (Å²) in [5.41, 5.74) is 2.06. The number of hydrogen-bond acceptors (Lipinski definition) is 4. The topological polar surface area (TPSA) is 49.9 Å². The first kappa shape index (κ1) is 19.2. The minimum Gasteiger partial charge on any atom is -0.273 e. The Morgan fingerprint density at radius 3 is 2.03 bits per heavy atom. The highest BCUT2D eigenvalue weighted by Crippen LogP contribution is 2.40. The van der Waals surface area contributed by atoms with E-state index in [4.69, 9.17) is 4.84 Å². The molecule has 0 N–H and O–H groups in total. The van der Waals surface area contributed by atoms with Crippen LogP contribution in [0.25, 0.3) is 6.08 Å². The van der Waals surface area contributed by atoms with Gasteiger partial charge >= 0.3 is 0 Å². The standard InChI is InChI=1S/C25H19FN2O3/c26-18-14-11-17(12-15-18)13-16-21-22-23(31-28(21)20-9-5-2-6-10-20)25(30)27(24(22)29)19-7-3-1-4-8-19/h1-16,21-23H/b16-13+/t21-,22-,23+/m0/s1. The molecule has 2 heterocycles. The molecule has 5 nitrogen and oxygen atoms in total. The highest BCUT2D eigenvalue weighted by molar-refractivity contribution is 6.24. The molecule has 5 rings (SSSR count). The summed E-state index contributed by atoms with van der Waals surface area (Å²) in [4.78, 5) is 33.7. The predicted molar refractivity (Wildman–Crippen MR) is 115 cm³/mol. The number of imide groups is 1. The average Bonchev–Trinajstić information content (AvgIpc) is 3.30. The van der Waals surface area contributed by atoms with Crippen molar-refractivity contribution in [2.45, 2.75) is 12.1 Å². The van der Waals surface area contributed by atoms with Crippen molar-refractivity contribution in [3.63, 3.8) is 0 Å². The molecule has 0 bridgehead atoms. The van der Waals surface area contributed by atoms with Crippen molar-refractivity contribution in [2.75, 3.05) is 9.96 Å².